The zero-order chi connectivity index (χ0) is 12.4. The van der Waals surface area contributed by atoms with E-state index in [-0.39, 0.29) is 5.95 Å². The number of nitrogens with two attached hydrogens (primary N) is 2. The second-order valence-electron chi connectivity index (χ2n) is 4.51. The first-order valence-electron chi connectivity index (χ1n) is 6.05. The summed E-state index contributed by atoms with van der Waals surface area (Å²) in [5, 5.41) is 0. The quantitative estimate of drug-likeness (QED) is 0.538. The SMILES string of the molecule is CCC1CCC(C)N1c1cc(NN)nc(N)n1. The lowest BCUT2D eigenvalue weighted by molar-refractivity contribution is 0.621. The van der Waals surface area contributed by atoms with Gasteiger partial charge in [-0.2, -0.15) is 9.97 Å². The second kappa shape index (κ2) is 4.75. The van der Waals surface area contributed by atoms with Crippen LogP contribution in [0.4, 0.5) is 17.6 Å². The van der Waals surface area contributed by atoms with Crippen molar-refractivity contribution in [2.24, 2.45) is 5.84 Å². The molecular weight excluding hydrogens is 216 g/mol. The molecule has 94 valence electrons. The molecule has 0 saturated carbocycles. The maximum absolute atomic E-state index is 5.69. The van der Waals surface area contributed by atoms with Crippen molar-refractivity contribution in [3.8, 4) is 0 Å². The Morgan fingerprint density at radius 3 is 2.88 bits per heavy atom. The van der Waals surface area contributed by atoms with E-state index in [2.05, 4.69) is 34.1 Å². The number of rotatable bonds is 3. The molecule has 1 aliphatic rings. The van der Waals surface area contributed by atoms with Gasteiger partial charge in [-0.15, -0.1) is 0 Å². The summed E-state index contributed by atoms with van der Waals surface area (Å²) in [7, 11) is 0. The molecule has 1 aliphatic heterocycles. The van der Waals surface area contributed by atoms with Crippen LogP contribution in [0.1, 0.15) is 33.1 Å². The molecule has 0 spiro atoms. The molecular formula is C11H20N6. The molecule has 2 unspecified atom stereocenters. The summed E-state index contributed by atoms with van der Waals surface area (Å²) >= 11 is 0. The standard InChI is InChI=1S/C11H20N6/c1-3-8-5-4-7(2)17(8)10-6-9(16-13)14-11(12)15-10/h6-8H,3-5,13H2,1-2H3,(H3,12,14,15,16). The van der Waals surface area contributed by atoms with Crippen molar-refractivity contribution in [2.75, 3.05) is 16.1 Å². The Labute approximate surface area is 101 Å². The third-order valence-electron chi connectivity index (χ3n) is 3.40. The van der Waals surface area contributed by atoms with Crippen molar-refractivity contribution >= 4 is 17.6 Å². The van der Waals surface area contributed by atoms with Crippen molar-refractivity contribution in [1.82, 2.24) is 9.97 Å². The molecule has 0 bridgehead atoms. The third kappa shape index (κ3) is 2.26. The Kier molecular flexibility index (Phi) is 3.33. The number of hydrogen-bond donors (Lipinski definition) is 3. The zero-order valence-electron chi connectivity index (χ0n) is 10.3. The van der Waals surface area contributed by atoms with E-state index in [1.807, 2.05) is 6.07 Å². The molecule has 0 radical (unpaired) electrons. The highest BCUT2D eigenvalue weighted by Crippen LogP contribution is 2.31. The Balaban J connectivity index is 2.34. The summed E-state index contributed by atoms with van der Waals surface area (Å²) < 4.78 is 0. The van der Waals surface area contributed by atoms with E-state index in [9.17, 15) is 0 Å². The molecule has 2 atom stereocenters. The Hall–Kier alpha value is -1.56. The number of anilines is 3. The molecule has 0 aromatic carbocycles. The fourth-order valence-corrected chi connectivity index (χ4v) is 2.54. The molecule has 6 heteroatoms. The van der Waals surface area contributed by atoms with Crippen LogP contribution in [0.15, 0.2) is 6.07 Å². The molecule has 17 heavy (non-hydrogen) atoms. The number of hydrogen-bond acceptors (Lipinski definition) is 6. The van der Waals surface area contributed by atoms with Gasteiger partial charge in [-0.25, -0.2) is 5.84 Å². The van der Waals surface area contributed by atoms with Crippen molar-refractivity contribution in [3.05, 3.63) is 6.07 Å². The van der Waals surface area contributed by atoms with Crippen molar-refractivity contribution < 1.29 is 0 Å². The Morgan fingerprint density at radius 1 is 1.47 bits per heavy atom. The van der Waals surface area contributed by atoms with Gasteiger partial charge in [0.15, 0.2) is 0 Å². The lowest BCUT2D eigenvalue weighted by Gasteiger charge is -2.29. The maximum Gasteiger partial charge on any atom is 0.223 e. The zero-order valence-corrected chi connectivity index (χ0v) is 10.3. The van der Waals surface area contributed by atoms with Gasteiger partial charge >= 0.3 is 0 Å². The van der Waals surface area contributed by atoms with E-state index in [1.54, 1.807) is 0 Å². The van der Waals surface area contributed by atoms with Gasteiger partial charge in [-0.05, 0) is 26.2 Å². The van der Waals surface area contributed by atoms with Crippen LogP contribution in [-0.2, 0) is 0 Å². The monoisotopic (exact) mass is 236 g/mol. The molecule has 1 saturated heterocycles. The van der Waals surface area contributed by atoms with Crippen LogP contribution >= 0.6 is 0 Å². The highest BCUT2D eigenvalue weighted by Gasteiger charge is 2.30. The second-order valence-corrected chi connectivity index (χ2v) is 4.51. The molecule has 0 amide bonds. The van der Waals surface area contributed by atoms with Crippen LogP contribution in [0.5, 0.6) is 0 Å². The molecule has 2 rings (SSSR count). The summed E-state index contributed by atoms with van der Waals surface area (Å²) in [4.78, 5) is 10.6. The van der Waals surface area contributed by atoms with E-state index < -0.39 is 0 Å². The van der Waals surface area contributed by atoms with Gasteiger partial charge < -0.3 is 16.1 Å². The number of nitrogen functional groups attached to an aromatic ring is 2. The van der Waals surface area contributed by atoms with Crippen LogP contribution in [0, 0.1) is 0 Å². The Bertz CT molecular complexity index is 394. The van der Waals surface area contributed by atoms with E-state index in [0.29, 0.717) is 17.9 Å². The highest BCUT2D eigenvalue weighted by atomic mass is 15.3. The average molecular weight is 236 g/mol. The Morgan fingerprint density at radius 2 is 2.24 bits per heavy atom. The number of aromatic nitrogens is 2. The van der Waals surface area contributed by atoms with Crippen LogP contribution < -0.4 is 21.9 Å². The largest absolute Gasteiger partial charge is 0.368 e. The summed E-state index contributed by atoms with van der Waals surface area (Å²) in [6.07, 6.45) is 3.50. The normalized spacial score (nSPS) is 24.1. The van der Waals surface area contributed by atoms with Crippen LogP contribution in [0.3, 0.4) is 0 Å². The predicted molar refractivity (Wildman–Crippen MR) is 69.5 cm³/mol. The predicted octanol–water partition coefficient (Wildman–Crippen LogP) is 1.11. The first-order chi connectivity index (χ1) is 8.15. The summed E-state index contributed by atoms with van der Waals surface area (Å²) in [5.74, 6) is 7.05. The van der Waals surface area contributed by atoms with E-state index >= 15 is 0 Å². The van der Waals surface area contributed by atoms with Gasteiger partial charge in [0.1, 0.15) is 11.6 Å². The van der Waals surface area contributed by atoms with Crippen LogP contribution in [0.2, 0.25) is 0 Å². The molecule has 6 nitrogen and oxygen atoms in total. The number of nitrogens with one attached hydrogen (secondary N) is 1. The minimum absolute atomic E-state index is 0.254. The molecule has 2 heterocycles. The van der Waals surface area contributed by atoms with E-state index in [1.165, 1.54) is 12.8 Å². The summed E-state index contributed by atoms with van der Waals surface area (Å²) in [5.41, 5.74) is 8.21. The maximum atomic E-state index is 5.69. The summed E-state index contributed by atoms with van der Waals surface area (Å²) in [6.45, 7) is 4.41. The van der Waals surface area contributed by atoms with Gasteiger partial charge in [0.25, 0.3) is 0 Å². The van der Waals surface area contributed by atoms with Crippen LogP contribution in [-0.4, -0.2) is 22.1 Å². The minimum atomic E-state index is 0.254. The first kappa shape index (κ1) is 11.9. The number of nitrogens with zero attached hydrogens (tertiary/aromatic N) is 3. The summed E-state index contributed by atoms with van der Waals surface area (Å²) in [6, 6.07) is 2.87. The lowest BCUT2D eigenvalue weighted by Crippen LogP contribution is -2.35. The smallest absolute Gasteiger partial charge is 0.223 e. The highest BCUT2D eigenvalue weighted by molar-refractivity contribution is 5.53. The van der Waals surface area contributed by atoms with Gasteiger partial charge in [0, 0.05) is 18.2 Å². The van der Waals surface area contributed by atoms with Crippen LogP contribution in [0.25, 0.3) is 0 Å². The topological polar surface area (TPSA) is 93.1 Å². The minimum Gasteiger partial charge on any atom is -0.368 e. The van der Waals surface area contributed by atoms with Gasteiger partial charge in [0.2, 0.25) is 5.95 Å². The van der Waals surface area contributed by atoms with Gasteiger partial charge in [0.05, 0.1) is 0 Å². The van der Waals surface area contributed by atoms with E-state index in [0.717, 1.165) is 12.2 Å². The third-order valence-corrected chi connectivity index (χ3v) is 3.40. The average Bonchev–Trinajstić information content (AvgIpc) is 2.69. The molecule has 1 aromatic rings. The first-order valence-corrected chi connectivity index (χ1v) is 6.05. The fourth-order valence-electron chi connectivity index (χ4n) is 2.54. The van der Waals surface area contributed by atoms with Crippen molar-refractivity contribution in [3.63, 3.8) is 0 Å². The number of hydrazine groups is 1. The fraction of sp³-hybridized carbons (Fsp3) is 0.636. The van der Waals surface area contributed by atoms with Gasteiger partial charge in [-0.3, -0.25) is 0 Å². The van der Waals surface area contributed by atoms with Crippen molar-refractivity contribution in [1.29, 1.82) is 0 Å². The van der Waals surface area contributed by atoms with Crippen molar-refractivity contribution in [2.45, 2.75) is 45.2 Å². The molecule has 1 aromatic heterocycles. The molecule has 0 aliphatic carbocycles. The van der Waals surface area contributed by atoms with E-state index in [4.69, 9.17) is 11.6 Å². The molecule has 5 N–H and O–H groups in total. The van der Waals surface area contributed by atoms with Gasteiger partial charge in [-0.1, -0.05) is 6.92 Å². The molecule has 1 fully saturated rings. The lowest BCUT2D eigenvalue weighted by atomic mass is 10.1.